The summed E-state index contributed by atoms with van der Waals surface area (Å²) < 4.78 is 25.6. The molecule has 1 aromatic carbocycles. The summed E-state index contributed by atoms with van der Waals surface area (Å²) in [5.74, 6) is 0.106. The lowest BCUT2D eigenvalue weighted by Crippen LogP contribution is -2.66. The summed E-state index contributed by atoms with van der Waals surface area (Å²) in [7, 11) is 5.08. The number of aryl methyl sites for hydroxylation is 1. The van der Waals surface area contributed by atoms with Crippen molar-refractivity contribution in [1.82, 2.24) is 25.3 Å². The van der Waals surface area contributed by atoms with Crippen LogP contribution < -0.4 is 10.1 Å². The number of phenols is 1. The Hall–Kier alpha value is -2.57. The Morgan fingerprint density at radius 1 is 1.18 bits per heavy atom. The van der Waals surface area contributed by atoms with Gasteiger partial charge in [0.25, 0.3) is 5.19 Å². The van der Waals surface area contributed by atoms with Gasteiger partial charge >= 0.3 is 0 Å². The molecule has 1 aliphatic carbocycles. The van der Waals surface area contributed by atoms with Crippen molar-refractivity contribution in [2.45, 2.75) is 49.7 Å². The van der Waals surface area contributed by atoms with Crippen LogP contribution in [0, 0.1) is 6.92 Å². The van der Waals surface area contributed by atoms with E-state index in [0.717, 1.165) is 17.8 Å². The lowest BCUT2D eigenvalue weighted by atomic mass is 9.85. The maximum Gasteiger partial charge on any atom is 0.294 e. The van der Waals surface area contributed by atoms with Crippen LogP contribution in [0.5, 0.6) is 10.9 Å². The maximum absolute atomic E-state index is 10.6. The standard InChI is InChI=1S/C23H29N5O5S/c1-13-7-8-28(27-13)14-5-6-16(18(29)9-14)21-25-26-22(34-21)33-15-10-17-19(30-2)20(31-3)23(11-15,32-4)12-24-17/h5-9,15,17,19-20,24,29H,10-12H2,1-4H3. The Morgan fingerprint density at radius 2 is 2.03 bits per heavy atom. The predicted molar refractivity (Wildman–Crippen MR) is 126 cm³/mol. The van der Waals surface area contributed by atoms with Crippen molar-refractivity contribution in [2.24, 2.45) is 0 Å². The molecule has 3 fully saturated rings. The summed E-state index contributed by atoms with van der Waals surface area (Å²) in [4.78, 5) is 0. The van der Waals surface area contributed by atoms with Gasteiger partial charge in [0.05, 0.1) is 16.9 Å². The number of piperidine rings is 1. The molecule has 5 unspecified atom stereocenters. The van der Waals surface area contributed by atoms with Crippen molar-refractivity contribution in [3.63, 3.8) is 0 Å². The number of aromatic nitrogens is 4. The van der Waals surface area contributed by atoms with Gasteiger partial charge in [0.15, 0.2) is 5.01 Å². The average Bonchev–Trinajstić information content (AvgIpc) is 3.41. The number of ether oxygens (including phenoxy) is 4. The molecule has 1 saturated carbocycles. The van der Waals surface area contributed by atoms with Gasteiger partial charge in [-0.05, 0) is 25.1 Å². The lowest BCUT2D eigenvalue weighted by molar-refractivity contribution is -0.185. The minimum absolute atomic E-state index is 0.0700. The zero-order chi connectivity index (χ0) is 23.9. The first-order valence-corrected chi connectivity index (χ1v) is 12.0. The normalized spacial score (nSPS) is 28.7. The molecule has 3 aromatic rings. The molecule has 2 bridgehead atoms. The molecule has 4 heterocycles. The highest BCUT2D eigenvalue weighted by molar-refractivity contribution is 7.16. The number of benzene rings is 1. The fourth-order valence-electron chi connectivity index (χ4n) is 5.10. The SMILES string of the molecule is COC1C2CC(Oc3nnc(-c4ccc(-n5ccc(C)n5)cc4O)s3)CC(OC)(CN2)C1OC. The number of fused-ring (bicyclic) bond motifs is 4. The number of hydrogen-bond acceptors (Lipinski definition) is 10. The predicted octanol–water partition coefficient (Wildman–Crippen LogP) is 2.33. The number of phenolic OH excluding ortho intramolecular Hbond substituents is 1. The fourth-order valence-corrected chi connectivity index (χ4v) is 5.89. The van der Waals surface area contributed by atoms with Gasteiger partial charge in [-0.15, -0.1) is 5.10 Å². The van der Waals surface area contributed by atoms with Crippen molar-refractivity contribution in [3.8, 4) is 27.2 Å². The highest BCUT2D eigenvalue weighted by Crippen LogP contribution is 2.40. The quantitative estimate of drug-likeness (QED) is 0.518. The van der Waals surface area contributed by atoms with Crippen LogP contribution >= 0.6 is 11.3 Å². The van der Waals surface area contributed by atoms with Crippen molar-refractivity contribution >= 4 is 11.3 Å². The number of rotatable bonds is 7. The van der Waals surface area contributed by atoms with E-state index < -0.39 is 5.60 Å². The fraction of sp³-hybridized carbons (Fsp3) is 0.522. The van der Waals surface area contributed by atoms with E-state index in [4.69, 9.17) is 18.9 Å². The van der Waals surface area contributed by atoms with Crippen molar-refractivity contribution in [2.75, 3.05) is 27.9 Å². The van der Waals surface area contributed by atoms with Gasteiger partial charge in [0.1, 0.15) is 29.7 Å². The van der Waals surface area contributed by atoms with Crippen LogP contribution in [0.15, 0.2) is 30.5 Å². The van der Waals surface area contributed by atoms with E-state index in [1.54, 1.807) is 32.1 Å². The highest BCUT2D eigenvalue weighted by atomic mass is 32.1. The molecule has 0 amide bonds. The third kappa shape index (κ3) is 4.07. The second-order valence-electron chi connectivity index (χ2n) is 8.77. The molecule has 6 rings (SSSR count). The van der Waals surface area contributed by atoms with Crippen molar-refractivity contribution in [1.29, 1.82) is 0 Å². The van der Waals surface area contributed by atoms with Crippen LogP contribution in [0.3, 0.4) is 0 Å². The molecule has 5 atom stereocenters. The molecule has 2 N–H and O–H groups in total. The summed E-state index contributed by atoms with van der Waals surface area (Å²) >= 11 is 1.30. The van der Waals surface area contributed by atoms with Gasteiger partial charge in [-0.2, -0.15) is 5.10 Å². The van der Waals surface area contributed by atoms with E-state index in [1.165, 1.54) is 11.3 Å². The Labute approximate surface area is 201 Å². The van der Waals surface area contributed by atoms with Gasteiger partial charge in [0.2, 0.25) is 0 Å². The van der Waals surface area contributed by atoms with Gasteiger partial charge in [-0.25, -0.2) is 4.68 Å². The van der Waals surface area contributed by atoms with Crippen LogP contribution in [-0.4, -0.2) is 82.9 Å². The number of nitrogens with zero attached hydrogens (tertiary/aromatic N) is 4. The van der Waals surface area contributed by atoms with Crippen LogP contribution in [0.25, 0.3) is 16.3 Å². The zero-order valence-corrected chi connectivity index (χ0v) is 20.4. The molecule has 2 saturated heterocycles. The first-order valence-electron chi connectivity index (χ1n) is 11.2. The molecule has 2 aliphatic heterocycles. The molecule has 3 aliphatic rings. The topological polar surface area (TPSA) is 113 Å². The molecule has 0 spiro atoms. The molecular formula is C23H29N5O5S. The van der Waals surface area contributed by atoms with Gasteiger partial charge in [-0.3, -0.25) is 0 Å². The first-order chi connectivity index (χ1) is 16.5. The second kappa shape index (κ2) is 9.23. The average molecular weight is 488 g/mol. The minimum atomic E-state index is -0.570. The Kier molecular flexibility index (Phi) is 6.30. The van der Waals surface area contributed by atoms with E-state index in [-0.39, 0.29) is 30.1 Å². The van der Waals surface area contributed by atoms with Crippen LogP contribution in [0.1, 0.15) is 18.5 Å². The Morgan fingerprint density at radius 3 is 2.71 bits per heavy atom. The van der Waals surface area contributed by atoms with Crippen molar-refractivity contribution in [3.05, 3.63) is 36.2 Å². The van der Waals surface area contributed by atoms with E-state index in [1.807, 2.05) is 31.3 Å². The second-order valence-corrected chi connectivity index (χ2v) is 9.71. The maximum atomic E-state index is 10.6. The Balaban J connectivity index is 1.35. The van der Waals surface area contributed by atoms with Gasteiger partial charge in [0, 0.05) is 59.0 Å². The number of aromatic hydroxyl groups is 1. The number of hydrogen-bond donors (Lipinski definition) is 2. The molecular weight excluding hydrogens is 458 g/mol. The van der Waals surface area contributed by atoms with Crippen LogP contribution in [0.4, 0.5) is 0 Å². The molecule has 10 nitrogen and oxygen atoms in total. The first kappa shape index (κ1) is 23.2. The monoisotopic (exact) mass is 487 g/mol. The summed E-state index contributed by atoms with van der Waals surface area (Å²) in [6.45, 7) is 2.58. The molecule has 34 heavy (non-hydrogen) atoms. The zero-order valence-electron chi connectivity index (χ0n) is 19.6. The minimum Gasteiger partial charge on any atom is -0.507 e. The Bertz CT molecular complexity index is 1150. The number of nitrogens with one attached hydrogen (secondary N) is 1. The lowest BCUT2D eigenvalue weighted by Gasteiger charge is -2.46. The summed E-state index contributed by atoms with van der Waals surface area (Å²) in [6, 6.07) is 7.34. The summed E-state index contributed by atoms with van der Waals surface area (Å²) in [6.07, 6.45) is 2.69. The summed E-state index contributed by atoms with van der Waals surface area (Å²) in [5.41, 5.74) is 1.69. The third-order valence-corrected chi connectivity index (χ3v) is 7.62. The molecule has 182 valence electrons. The molecule has 2 aromatic heterocycles. The number of methoxy groups -OCH3 is 3. The van der Waals surface area contributed by atoms with E-state index in [9.17, 15) is 5.11 Å². The highest BCUT2D eigenvalue weighted by Gasteiger charge is 2.55. The van der Waals surface area contributed by atoms with Crippen LogP contribution in [0.2, 0.25) is 0 Å². The summed E-state index contributed by atoms with van der Waals surface area (Å²) in [5, 5.41) is 28.1. The smallest absolute Gasteiger partial charge is 0.294 e. The van der Waals surface area contributed by atoms with E-state index >= 15 is 0 Å². The van der Waals surface area contributed by atoms with Crippen LogP contribution in [-0.2, 0) is 14.2 Å². The van der Waals surface area contributed by atoms with Gasteiger partial charge in [-0.1, -0.05) is 16.4 Å². The van der Waals surface area contributed by atoms with Crippen molar-refractivity contribution < 1.29 is 24.1 Å². The molecule has 11 heteroatoms. The third-order valence-electron chi connectivity index (χ3n) is 6.77. The largest absolute Gasteiger partial charge is 0.507 e. The molecule has 0 radical (unpaired) electrons. The van der Waals surface area contributed by atoms with E-state index in [0.29, 0.717) is 28.7 Å². The van der Waals surface area contributed by atoms with E-state index in [2.05, 4.69) is 20.6 Å². The van der Waals surface area contributed by atoms with Gasteiger partial charge < -0.3 is 29.4 Å².